The molecule has 0 aliphatic rings. The molecule has 0 spiro atoms. The molecule has 0 aliphatic carbocycles. The molecule has 1 aromatic heterocycles. The maximum atomic E-state index is 13.7. The van der Waals surface area contributed by atoms with Gasteiger partial charge in [-0.25, -0.2) is 9.37 Å². The zero-order chi connectivity index (χ0) is 19.3. The topological polar surface area (TPSA) is 42.0 Å². The quantitative estimate of drug-likeness (QED) is 0.470. The van der Waals surface area contributed by atoms with Crippen molar-refractivity contribution in [3.8, 4) is 21.8 Å². The largest absolute Gasteiger partial charge is 0.326 e. The zero-order valence-corrected chi connectivity index (χ0v) is 15.7. The molecule has 1 N–H and O–H groups in total. The van der Waals surface area contributed by atoms with E-state index in [0.29, 0.717) is 11.3 Å². The molecule has 0 saturated carbocycles. The number of halogens is 1. The first-order valence-electron chi connectivity index (χ1n) is 8.84. The van der Waals surface area contributed by atoms with Crippen molar-refractivity contribution in [3.63, 3.8) is 0 Å². The summed E-state index contributed by atoms with van der Waals surface area (Å²) >= 11 is 1.60. The second kappa shape index (κ2) is 8.15. The number of nitrogens with one attached hydrogen (secondary N) is 1. The molecule has 0 saturated heterocycles. The Kier molecular flexibility index (Phi) is 5.26. The van der Waals surface area contributed by atoms with Gasteiger partial charge in [0.1, 0.15) is 10.8 Å². The summed E-state index contributed by atoms with van der Waals surface area (Å²) < 4.78 is 13.7. The fourth-order valence-electron chi connectivity index (χ4n) is 2.86. The van der Waals surface area contributed by atoms with E-state index in [1.54, 1.807) is 29.5 Å². The van der Waals surface area contributed by atoms with Gasteiger partial charge in [-0.2, -0.15) is 0 Å². The Morgan fingerprint density at radius 1 is 0.893 bits per heavy atom. The van der Waals surface area contributed by atoms with Crippen molar-refractivity contribution >= 4 is 22.9 Å². The molecule has 0 unspecified atom stereocenters. The van der Waals surface area contributed by atoms with Gasteiger partial charge < -0.3 is 5.32 Å². The number of aromatic nitrogens is 1. The van der Waals surface area contributed by atoms with E-state index in [0.717, 1.165) is 21.8 Å². The van der Waals surface area contributed by atoms with Gasteiger partial charge in [0.2, 0.25) is 5.91 Å². The van der Waals surface area contributed by atoms with Crippen LogP contribution in [0.5, 0.6) is 0 Å². The second-order valence-electron chi connectivity index (χ2n) is 6.30. The lowest BCUT2D eigenvalue weighted by molar-refractivity contribution is -0.115. The lowest BCUT2D eigenvalue weighted by Crippen LogP contribution is -2.15. The van der Waals surface area contributed by atoms with Crippen LogP contribution in [-0.2, 0) is 11.2 Å². The maximum Gasteiger partial charge on any atom is 0.228 e. The van der Waals surface area contributed by atoms with Crippen molar-refractivity contribution in [2.24, 2.45) is 0 Å². The molecule has 3 aromatic carbocycles. The van der Waals surface area contributed by atoms with Gasteiger partial charge in [-0.1, -0.05) is 60.7 Å². The first-order chi connectivity index (χ1) is 13.7. The zero-order valence-electron chi connectivity index (χ0n) is 14.9. The average Bonchev–Trinajstić information content (AvgIpc) is 3.21. The molecule has 4 rings (SSSR count). The summed E-state index contributed by atoms with van der Waals surface area (Å²) in [5, 5.41) is 5.80. The molecule has 138 valence electrons. The number of nitrogens with zero attached hydrogens (tertiary/aromatic N) is 1. The normalized spacial score (nSPS) is 10.6. The van der Waals surface area contributed by atoms with Gasteiger partial charge in [0.15, 0.2) is 0 Å². The Labute approximate surface area is 166 Å². The van der Waals surface area contributed by atoms with Crippen molar-refractivity contribution in [2.45, 2.75) is 6.42 Å². The average molecular weight is 388 g/mol. The molecule has 28 heavy (non-hydrogen) atoms. The summed E-state index contributed by atoms with van der Waals surface area (Å²) in [5.41, 5.74) is 4.02. The SMILES string of the molecule is O=C(Cc1ccccc1F)Nc1ccc(-c2csc(-c3ccccc3)n2)cc1. The Morgan fingerprint density at radius 3 is 2.36 bits per heavy atom. The molecule has 1 heterocycles. The summed E-state index contributed by atoms with van der Waals surface area (Å²) in [4.78, 5) is 16.9. The van der Waals surface area contributed by atoms with Gasteiger partial charge in [-0.15, -0.1) is 11.3 Å². The molecule has 0 fully saturated rings. The minimum Gasteiger partial charge on any atom is -0.326 e. The van der Waals surface area contributed by atoms with E-state index < -0.39 is 0 Å². The molecule has 3 nitrogen and oxygen atoms in total. The highest BCUT2D eigenvalue weighted by molar-refractivity contribution is 7.13. The lowest BCUT2D eigenvalue weighted by atomic mass is 10.1. The molecule has 4 aromatic rings. The highest BCUT2D eigenvalue weighted by Crippen LogP contribution is 2.29. The fraction of sp³-hybridized carbons (Fsp3) is 0.0435. The molecular weight excluding hydrogens is 371 g/mol. The van der Waals surface area contributed by atoms with Crippen molar-refractivity contribution in [1.29, 1.82) is 0 Å². The van der Waals surface area contributed by atoms with Crippen LogP contribution >= 0.6 is 11.3 Å². The van der Waals surface area contributed by atoms with Gasteiger partial charge in [0.05, 0.1) is 12.1 Å². The third kappa shape index (κ3) is 4.15. The number of amides is 1. The number of carbonyl (C=O) groups is 1. The first-order valence-corrected chi connectivity index (χ1v) is 9.71. The van der Waals surface area contributed by atoms with E-state index in [9.17, 15) is 9.18 Å². The van der Waals surface area contributed by atoms with Crippen molar-refractivity contribution in [3.05, 3.63) is 95.6 Å². The molecule has 0 radical (unpaired) electrons. The monoisotopic (exact) mass is 388 g/mol. The van der Waals surface area contributed by atoms with E-state index in [1.165, 1.54) is 6.07 Å². The van der Waals surface area contributed by atoms with Crippen LogP contribution in [0.1, 0.15) is 5.56 Å². The molecule has 0 aliphatic heterocycles. The van der Waals surface area contributed by atoms with Crippen molar-refractivity contribution in [1.82, 2.24) is 4.98 Å². The number of thiazole rings is 1. The maximum absolute atomic E-state index is 13.7. The third-order valence-corrected chi connectivity index (χ3v) is 5.19. The summed E-state index contributed by atoms with van der Waals surface area (Å²) in [6.45, 7) is 0. The minimum absolute atomic E-state index is 0.000939. The van der Waals surface area contributed by atoms with E-state index in [-0.39, 0.29) is 18.1 Å². The Bertz CT molecular complexity index is 1090. The van der Waals surface area contributed by atoms with Crippen LogP contribution in [0.2, 0.25) is 0 Å². The van der Waals surface area contributed by atoms with Crippen molar-refractivity contribution in [2.75, 3.05) is 5.32 Å². The predicted octanol–water partition coefficient (Wildman–Crippen LogP) is 5.80. The van der Waals surface area contributed by atoms with E-state index in [4.69, 9.17) is 4.98 Å². The van der Waals surface area contributed by atoms with Gasteiger partial charge in [-0.3, -0.25) is 4.79 Å². The van der Waals surface area contributed by atoms with Gasteiger partial charge in [-0.05, 0) is 23.8 Å². The van der Waals surface area contributed by atoms with Crippen LogP contribution in [-0.4, -0.2) is 10.9 Å². The smallest absolute Gasteiger partial charge is 0.228 e. The van der Waals surface area contributed by atoms with Gasteiger partial charge >= 0.3 is 0 Å². The number of carbonyl (C=O) groups excluding carboxylic acids is 1. The van der Waals surface area contributed by atoms with E-state index >= 15 is 0 Å². The summed E-state index contributed by atoms with van der Waals surface area (Å²) in [6, 6.07) is 23.8. The van der Waals surface area contributed by atoms with Gasteiger partial charge in [0.25, 0.3) is 0 Å². The molecule has 0 atom stereocenters. The molecular formula is C23H17FN2OS. The number of hydrogen-bond acceptors (Lipinski definition) is 3. The summed E-state index contributed by atoms with van der Waals surface area (Å²) in [6.07, 6.45) is 0.000939. The molecule has 0 bridgehead atoms. The second-order valence-corrected chi connectivity index (χ2v) is 7.16. The number of anilines is 1. The highest BCUT2D eigenvalue weighted by Gasteiger charge is 2.09. The first kappa shape index (κ1) is 18.1. The molecule has 5 heteroatoms. The molecule has 1 amide bonds. The highest BCUT2D eigenvalue weighted by atomic mass is 32.1. The number of rotatable bonds is 5. The Hall–Kier alpha value is -3.31. The number of hydrogen-bond donors (Lipinski definition) is 1. The van der Waals surface area contributed by atoms with Crippen LogP contribution < -0.4 is 5.32 Å². The Morgan fingerprint density at radius 2 is 1.61 bits per heavy atom. The summed E-state index contributed by atoms with van der Waals surface area (Å²) in [5.74, 6) is -0.622. The van der Waals surface area contributed by atoms with Crippen LogP contribution in [0.3, 0.4) is 0 Å². The summed E-state index contributed by atoms with van der Waals surface area (Å²) in [7, 11) is 0. The minimum atomic E-state index is -0.370. The van der Waals surface area contributed by atoms with E-state index in [2.05, 4.69) is 5.32 Å². The van der Waals surface area contributed by atoms with E-state index in [1.807, 2.05) is 60.0 Å². The lowest BCUT2D eigenvalue weighted by Gasteiger charge is -2.07. The standard InChI is InChI=1S/C23H17FN2OS/c24-20-9-5-4-8-18(20)14-22(27)25-19-12-10-16(11-13-19)21-15-28-23(26-21)17-6-2-1-3-7-17/h1-13,15H,14H2,(H,25,27). The third-order valence-electron chi connectivity index (χ3n) is 4.30. The Balaban J connectivity index is 1.44. The van der Waals surface area contributed by atoms with Crippen molar-refractivity contribution < 1.29 is 9.18 Å². The van der Waals surface area contributed by atoms with Crippen LogP contribution in [0, 0.1) is 5.82 Å². The predicted molar refractivity (Wildman–Crippen MR) is 112 cm³/mol. The van der Waals surface area contributed by atoms with Crippen LogP contribution in [0.4, 0.5) is 10.1 Å². The van der Waals surface area contributed by atoms with Crippen LogP contribution in [0.25, 0.3) is 21.8 Å². The fourth-order valence-corrected chi connectivity index (χ4v) is 3.70. The number of benzene rings is 3. The van der Waals surface area contributed by atoms with Crippen LogP contribution in [0.15, 0.2) is 84.2 Å². The van der Waals surface area contributed by atoms with Gasteiger partial charge in [0, 0.05) is 22.2 Å².